The van der Waals surface area contributed by atoms with E-state index in [4.69, 9.17) is 16.6 Å². The van der Waals surface area contributed by atoms with Crippen LogP contribution in [0.15, 0.2) is 36.5 Å². The minimum atomic E-state index is -0.0299. The number of hydrogen-bond donors (Lipinski definition) is 1. The van der Waals surface area contributed by atoms with Crippen LogP contribution >= 0.6 is 11.6 Å². The lowest BCUT2D eigenvalue weighted by molar-refractivity contribution is -0.117. The molecule has 4 heterocycles. The zero-order valence-electron chi connectivity index (χ0n) is 15.9. The van der Waals surface area contributed by atoms with Gasteiger partial charge in [-0.1, -0.05) is 23.7 Å². The van der Waals surface area contributed by atoms with Gasteiger partial charge in [0.1, 0.15) is 6.04 Å². The molecule has 1 N–H and O–H groups in total. The fraction of sp³-hybridized carbons (Fsp3) is 0.455. The van der Waals surface area contributed by atoms with Gasteiger partial charge in [0.05, 0.1) is 5.69 Å². The van der Waals surface area contributed by atoms with E-state index in [-0.39, 0.29) is 11.9 Å². The van der Waals surface area contributed by atoms with Crippen LogP contribution in [0, 0.1) is 0 Å². The third-order valence-corrected chi connectivity index (χ3v) is 6.60. The summed E-state index contributed by atoms with van der Waals surface area (Å²) in [6.45, 7) is 3.96. The molecule has 0 spiro atoms. The number of carbonyl (C=O) groups is 1. The molecule has 1 aromatic heterocycles. The lowest BCUT2D eigenvalue weighted by atomic mass is 9.89. The van der Waals surface area contributed by atoms with E-state index in [0.717, 1.165) is 68.4 Å². The summed E-state index contributed by atoms with van der Waals surface area (Å²) in [6.07, 6.45) is 6.29. The Bertz CT molecular complexity index is 877. The Labute approximate surface area is 170 Å². The van der Waals surface area contributed by atoms with Gasteiger partial charge in [0, 0.05) is 24.3 Å². The highest BCUT2D eigenvalue weighted by Gasteiger charge is 2.37. The van der Waals surface area contributed by atoms with Gasteiger partial charge in [-0.15, -0.1) is 0 Å². The molecule has 0 unspecified atom stereocenters. The van der Waals surface area contributed by atoms with Crippen molar-refractivity contribution >= 4 is 29.0 Å². The van der Waals surface area contributed by atoms with Crippen LogP contribution in [-0.2, 0) is 11.3 Å². The normalized spacial score (nSPS) is 22.7. The Hall–Kier alpha value is -2.11. The number of rotatable bonds is 3. The Morgan fingerprint density at radius 1 is 1.11 bits per heavy atom. The summed E-state index contributed by atoms with van der Waals surface area (Å²) in [5, 5.41) is 3.87. The monoisotopic (exact) mass is 396 g/mol. The first-order valence-corrected chi connectivity index (χ1v) is 10.6. The third-order valence-electron chi connectivity index (χ3n) is 6.34. The Morgan fingerprint density at radius 2 is 1.89 bits per heavy atom. The molecule has 1 atom stereocenters. The molecular formula is C22H25ClN4O. The van der Waals surface area contributed by atoms with Crippen molar-refractivity contribution < 1.29 is 4.79 Å². The smallest absolute Gasteiger partial charge is 0.247 e. The van der Waals surface area contributed by atoms with Crippen molar-refractivity contribution in [2.45, 2.75) is 44.2 Å². The first-order chi connectivity index (χ1) is 13.7. The molecule has 5 rings (SSSR count). The van der Waals surface area contributed by atoms with Gasteiger partial charge in [-0.25, -0.2) is 4.98 Å². The number of aromatic nitrogens is 1. The minimum Gasteiger partial charge on any atom is -0.343 e. The number of pyridine rings is 1. The van der Waals surface area contributed by atoms with Crippen LogP contribution in [0.25, 0.3) is 0 Å². The van der Waals surface area contributed by atoms with E-state index >= 15 is 0 Å². The average Bonchev–Trinajstić information content (AvgIpc) is 3.20. The highest BCUT2D eigenvalue weighted by Crippen LogP contribution is 2.36. The molecule has 0 radical (unpaired) electrons. The number of anilines is 2. The fourth-order valence-corrected chi connectivity index (χ4v) is 4.96. The topological polar surface area (TPSA) is 48.5 Å². The van der Waals surface area contributed by atoms with Gasteiger partial charge < -0.3 is 10.2 Å². The standard InChI is InChI=1S/C22H25ClN4O/c23-18-5-3-16(4-6-18)17-7-10-26(11-8-17)14-15-12-19-21(24-13-15)27-9-1-2-20(27)22(28)25-19/h3-6,12-13,17,20H,1-2,7-11,14H2,(H,25,28)/t20-/m0/s1. The van der Waals surface area contributed by atoms with Crippen LogP contribution in [0.2, 0.25) is 5.02 Å². The van der Waals surface area contributed by atoms with Crippen molar-refractivity contribution in [3.05, 3.63) is 52.7 Å². The molecule has 5 nitrogen and oxygen atoms in total. The molecule has 0 saturated carbocycles. The summed E-state index contributed by atoms with van der Waals surface area (Å²) in [7, 11) is 0. The molecular weight excluding hydrogens is 372 g/mol. The molecule has 6 heteroatoms. The summed E-state index contributed by atoms with van der Waals surface area (Å²) >= 11 is 6.01. The number of likely N-dealkylation sites (tertiary alicyclic amines) is 1. The van der Waals surface area contributed by atoms with Gasteiger partial charge in [0.15, 0.2) is 5.82 Å². The SMILES string of the molecule is O=C1Nc2cc(CN3CCC(c4ccc(Cl)cc4)CC3)cnc2N2CCC[C@@H]12. The second kappa shape index (κ2) is 7.37. The predicted octanol–water partition coefficient (Wildman–Crippen LogP) is 4.04. The van der Waals surface area contributed by atoms with Crippen LogP contribution in [0.3, 0.4) is 0 Å². The zero-order valence-corrected chi connectivity index (χ0v) is 16.7. The lowest BCUT2D eigenvalue weighted by Crippen LogP contribution is -2.44. The van der Waals surface area contributed by atoms with Crippen molar-refractivity contribution in [2.24, 2.45) is 0 Å². The molecule has 2 saturated heterocycles. The minimum absolute atomic E-state index is 0.0299. The first kappa shape index (κ1) is 18.0. The quantitative estimate of drug-likeness (QED) is 0.850. The summed E-state index contributed by atoms with van der Waals surface area (Å²) in [5.74, 6) is 1.67. The predicted molar refractivity (Wildman–Crippen MR) is 112 cm³/mol. The van der Waals surface area contributed by atoms with Gasteiger partial charge in [-0.3, -0.25) is 9.69 Å². The average molecular weight is 397 g/mol. The van der Waals surface area contributed by atoms with Crippen molar-refractivity contribution in [3.8, 4) is 0 Å². The fourth-order valence-electron chi connectivity index (χ4n) is 4.83. The summed E-state index contributed by atoms with van der Waals surface area (Å²) < 4.78 is 0. The van der Waals surface area contributed by atoms with Crippen molar-refractivity contribution in [2.75, 3.05) is 29.9 Å². The van der Waals surface area contributed by atoms with Gasteiger partial charge in [0.2, 0.25) is 5.91 Å². The molecule has 2 fully saturated rings. The number of benzene rings is 1. The van der Waals surface area contributed by atoms with Crippen molar-refractivity contribution in [3.63, 3.8) is 0 Å². The second-order valence-electron chi connectivity index (χ2n) is 8.16. The molecule has 146 valence electrons. The van der Waals surface area contributed by atoms with Crippen LogP contribution in [0.5, 0.6) is 0 Å². The van der Waals surface area contributed by atoms with E-state index < -0.39 is 0 Å². The Balaban J connectivity index is 1.23. The molecule has 28 heavy (non-hydrogen) atoms. The van der Waals surface area contributed by atoms with Crippen LogP contribution in [0.1, 0.15) is 42.7 Å². The maximum Gasteiger partial charge on any atom is 0.247 e. The number of nitrogens with zero attached hydrogens (tertiary/aromatic N) is 3. The highest BCUT2D eigenvalue weighted by molar-refractivity contribution is 6.30. The number of halogens is 1. The zero-order chi connectivity index (χ0) is 19.1. The largest absolute Gasteiger partial charge is 0.343 e. The van der Waals surface area contributed by atoms with Gasteiger partial charge in [-0.2, -0.15) is 0 Å². The number of amides is 1. The molecule has 1 amide bonds. The first-order valence-electron chi connectivity index (χ1n) is 10.2. The maximum absolute atomic E-state index is 12.3. The second-order valence-corrected chi connectivity index (χ2v) is 8.59. The molecule has 0 aliphatic carbocycles. The summed E-state index contributed by atoms with van der Waals surface area (Å²) in [4.78, 5) is 21.7. The molecule has 0 bridgehead atoms. The summed E-state index contributed by atoms with van der Waals surface area (Å²) in [6, 6.07) is 10.4. The number of hydrogen-bond acceptors (Lipinski definition) is 4. The highest BCUT2D eigenvalue weighted by atomic mass is 35.5. The van der Waals surface area contributed by atoms with Crippen molar-refractivity contribution in [1.82, 2.24) is 9.88 Å². The molecule has 3 aliphatic rings. The van der Waals surface area contributed by atoms with E-state index in [1.54, 1.807) is 0 Å². The van der Waals surface area contributed by atoms with Crippen LogP contribution in [-0.4, -0.2) is 41.5 Å². The number of nitrogens with one attached hydrogen (secondary N) is 1. The molecule has 1 aromatic carbocycles. The lowest BCUT2D eigenvalue weighted by Gasteiger charge is -2.34. The number of piperidine rings is 1. The number of fused-ring (bicyclic) bond motifs is 3. The maximum atomic E-state index is 12.3. The van der Waals surface area contributed by atoms with Gasteiger partial charge in [-0.05, 0) is 74.0 Å². The van der Waals surface area contributed by atoms with Gasteiger partial charge in [0.25, 0.3) is 0 Å². The van der Waals surface area contributed by atoms with E-state index in [2.05, 4.69) is 33.3 Å². The van der Waals surface area contributed by atoms with Gasteiger partial charge >= 0.3 is 0 Å². The van der Waals surface area contributed by atoms with E-state index in [9.17, 15) is 4.79 Å². The Kier molecular flexibility index (Phi) is 4.73. The van der Waals surface area contributed by atoms with E-state index in [1.807, 2.05) is 18.3 Å². The van der Waals surface area contributed by atoms with Crippen LogP contribution in [0.4, 0.5) is 11.5 Å². The van der Waals surface area contributed by atoms with E-state index in [0.29, 0.717) is 5.92 Å². The third kappa shape index (κ3) is 3.38. The molecule has 3 aliphatic heterocycles. The Morgan fingerprint density at radius 3 is 2.68 bits per heavy atom. The van der Waals surface area contributed by atoms with Crippen LogP contribution < -0.4 is 10.2 Å². The summed E-state index contributed by atoms with van der Waals surface area (Å²) in [5.41, 5.74) is 3.43. The molecule has 2 aromatic rings. The number of carbonyl (C=O) groups excluding carboxylic acids is 1. The van der Waals surface area contributed by atoms with E-state index in [1.165, 1.54) is 11.1 Å². The van der Waals surface area contributed by atoms with Crippen molar-refractivity contribution in [1.29, 1.82) is 0 Å².